The van der Waals surface area contributed by atoms with Crippen molar-refractivity contribution in [1.29, 1.82) is 0 Å². The number of anilines is 1. The molecule has 2 aromatic rings. The van der Waals surface area contributed by atoms with Crippen LogP contribution in [-0.2, 0) is 4.79 Å². The first kappa shape index (κ1) is 19.6. The van der Waals surface area contributed by atoms with E-state index in [2.05, 4.69) is 10.3 Å². The van der Waals surface area contributed by atoms with Gasteiger partial charge in [-0.05, 0) is 24.7 Å². The molecule has 1 aromatic carbocycles. The minimum atomic E-state index is -0.126. The largest absolute Gasteiger partial charge is 0.493 e. The molecule has 1 saturated carbocycles. The quantitative estimate of drug-likeness (QED) is 0.610. The van der Waals surface area contributed by atoms with E-state index in [0.29, 0.717) is 29.2 Å². The molecule has 0 aliphatic heterocycles. The smallest absolute Gasteiger partial charge is 0.227 e. The zero-order chi connectivity index (χ0) is 19.2. The van der Waals surface area contributed by atoms with Gasteiger partial charge in [-0.2, -0.15) is 0 Å². The Labute approximate surface area is 167 Å². The van der Waals surface area contributed by atoms with E-state index in [-0.39, 0.29) is 32.4 Å². The van der Waals surface area contributed by atoms with E-state index in [0.717, 1.165) is 19.3 Å². The zero-order valence-electron chi connectivity index (χ0n) is 15.3. The Morgan fingerprint density at radius 1 is 1.23 bits per heavy atom. The minimum Gasteiger partial charge on any atom is -0.493 e. The van der Waals surface area contributed by atoms with Crippen LogP contribution in [0.15, 0.2) is 0 Å². The van der Waals surface area contributed by atoms with Crippen LogP contribution in [0.4, 0.5) is 5.95 Å². The van der Waals surface area contributed by atoms with Crippen LogP contribution in [-0.4, -0.2) is 22.6 Å². The SMILES string of the molecule is COc1c(Cl)c(Cl)c(Cl)c2nc(NC(=O)CC(C)(C)C)n(C3CCC3)c12. The van der Waals surface area contributed by atoms with E-state index >= 15 is 0 Å². The van der Waals surface area contributed by atoms with Gasteiger partial charge in [-0.3, -0.25) is 10.1 Å². The molecular weight excluding hydrogens is 397 g/mol. The molecule has 1 heterocycles. The molecule has 1 N–H and O–H groups in total. The van der Waals surface area contributed by atoms with Crippen molar-refractivity contribution in [1.82, 2.24) is 9.55 Å². The fourth-order valence-corrected chi connectivity index (χ4v) is 3.84. The van der Waals surface area contributed by atoms with Crippen molar-refractivity contribution in [2.45, 2.75) is 52.5 Å². The van der Waals surface area contributed by atoms with Crippen molar-refractivity contribution >= 4 is 57.7 Å². The van der Waals surface area contributed by atoms with E-state index in [1.54, 1.807) is 0 Å². The maximum atomic E-state index is 12.5. The lowest BCUT2D eigenvalue weighted by Gasteiger charge is -2.29. The summed E-state index contributed by atoms with van der Waals surface area (Å²) in [5.41, 5.74) is 1.03. The Kier molecular flexibility index (Phi) is 5.35. The van der Waals surface area contributed by atoms with Gasteiger partial charge in [0.25, 0.3) is 0 Å². The third kappa shape index (κ3) is 3.49. The standard InChI is InChI=1S/C18H22Cl3N3O2/c1-18(2,3)8-10(25)22-17-23-14-12(20)11(19)13(21)16(26-4)15(14)24(17)9-6-5-7-9/h9H,5-8H2,1-4H3,(H,22,23,25). The Morgan fingerprint density at radius 3 is 2.38 bits per heavy atom. The summed E-state index contributed by atoms with van der Waals surface area (Å²) in [6, 6.07) is 0.215. The molecular formula is C18H22Cl3N3O2. The summed E-state index contributed by atoms with van der Waals surface area (Å²) >= 11 is 19.0. The molecule has 0 radical (unpaired) electrons. The highest BCUT2D eigenvalue weighted by Gasteiger charge is 2.31. The van der Waals surface area contributed by atoms with Gasteiger partial charge in [0, 0.05) is 12.5 Å². The van der Waals surface area contributed by atoms with Crippen molar-refractivity contribution in [2.24, 2.45) is 5.41 Å². The minimum absolute atomic E-state index is 0.0966. The van der Waals surface area contributed by atoms with E-state index in [4.69, 9.17) is 39.5 Å². The van der Waals surface area contributed by atoms with E-state index in [9.17, 15) is 4.79 Å². The summed E-state index contributed by atoms with van der Waals surface area (Å²) in [5.74, 6) is 0.782. The topological polar surface area (TPSA) is 56.1 Å². The second-order valence-corrected chi connectivity index (χ2v) is 8.98. The van der Waals surface area contributed by atoms with Crippen LogP contribution in [0.25, 0.3) is 11.0 Å². The van der Waals surface area contributed by atoms with Crippen LogP contribution in [0.5, 0.6) is 5.75 Å². The summed E-state index contributed by atoms with van der Waals surface area (Å²) in [4.78, 5) is 17.1. The second kappa shape index (κ2) is 7.10. The monoisotopic (exact) mass is 417 g/mol. The first-order valence-corrected chi connectivity index (χ1v) is 9.69. The molecule has 3 rings (SSSR count). The average Bonchev–Trinajstić information content (AvgIpc) is 2.81. The van der Waals surface area contributed by atoms with Crippen molar-refractivity contribution in [2.75, 3.05) is 12.4 Å². The van der Waals surface area contributed by atoms with Crippen LogP contribution in [0.3, 0.4) is 0 Å². The van der Waals surface area contributed by atoms with Gasteiger partial charge in [-0.15, -0.1) is 0 Å². The first-order chi connectivity index (χ1) is 12.1. The fourth-order valence-electron chi connectivity index (χ4n) is 3.13. The van der Waals surface area contributed by atoms with Gasteiger partial charge in [0.05, 0.1) is 17.2 Å². The molecule has 1 aliphatic carbocycles. The third-order valence-corrected chi connectivity index (χ3v) is 5.80. The van der Waals surface area contributed by atoms with Gasteiger partial charge in [0.1, 0.15) is 16.1 Å². The number of rotatable bonds is 4. The number of hydrogen-bond acceptors (Lipinski definition) is 3. The number of amides is 1. The number of ether oxygens (including phenoxy) is 1. The van der Waals surface area contributed by atoms with Gasteiger partial charge in [-0.1, -0.05) is 55.6 Å². The number of hydrogen-bond donors (Lipinski definition) is 1. The van der Waals surface area contributed by atoms with Gasteiger partial charge in [0.15, 0.2) is 5.75 Å². The maximum absolute atomic E-state index is 12.5. The highest BCUT2D eigenvalue weighted by Crippen LogP contribution is 2.48. The number of benzene rings is 1. The van der Waals surface area contributed by atoms with Crippen molar-refractivity contribution in [3.8, 4) is 5.75 Å². The number of nitrogens with zero attached hydrogens (tertiary/aromatic N) is 2. The predicted molar refractivity (Wildman–Crippen MR) is 107 cm³/mol. The number of imidazole rings is 1. The Morgan fingerprint density at radius 2 is 1.88 bits per heavy atom. The molecule has 0 atom stereocenters. The number of carbonyl (C=O) groups is 1. The van der Waals surface area contributed by atoms with E-state index < -0.39 is 0 Å². The molecule has 1 aliphatic rings. The average molecular weight is 419 g/mol. The van der Waals surface area contributed by atoms with Gasteiger partial charge in [-0.25, -0.2) is 4.98 Å². The van der Waals surface area contributed by atoms with Gasteiger partial charge < -0.3 is 9.30 Å². The van der Waals surface area contributed by atoms with E-state index in [1.165, 1.54) is 7.11 Å². The number of aromatic nitrogens is 2. The number of nitrogens with one attached hydrogen (secondary N) is 1. The molecule has 26 heavy (non-hydrogen) atoms. The number of halogens is 3. The van der Waals surface area contributed by atoms with Crippen LogP contribution >= 0.6 is 34.8 Å². The molecule has 0 spiro atoms. The number of carbonyl (C=O) groups excluding carboxylic acids is 1. The summed E-state index contributed by atoms with van der Waals surface area (Å²) in [5, 5.41) is 3.64. The zero-order valence-corrected chi connectivity index (χ0v) is 17.5. The third-order valence-electron chi connectivity index (χ3n) is 4.50. The highest BCUT2D eigenvalue weighted by molar-refractivity contribution is 6.51. The lowest BCUT2D eigenvalue weighted by atomic mass is 9.92. The lowest BCUT2D eigenvalue weighted by Crippen LogP contribution is -2.24. The Balaban J connectivity index is 2.17. The first-order valence-electron chi connectivity index (χ1n) is 8.56. The summed E-state index contributed by atoms with van der Waals surface area (Å²) in [7, 11) is 1.53. The Bertz CT molecular complexity index is 867. The number of methoxy groups -OCH3 is 1. The molecule has 1 aromatic heterocycles. The van der Waals surface area contributed by atoms with Crippen molar-refractivity contribution in [3.63, 3.8) is 0 Å². The summed E-state index contributed by atoms with van der Waals surface area (Å²) in [6.45, 7) is 6.04. The highest BCUT2D eigenvalue weighted by atomic mass is 35.5. The van der Waals surface area contributed by atoms with Gasteiger partial charge in [0.2, 0.25) is 11.9 Å². The van der Waals surface area contributed by atoms with Crippen LogP contribution in [0.1, 0.15) is 52.5 Å². The molecule has 0 unspecified atom stereocenters. The summed E-state index contributed by atoms with van der Waals surface area (Å²) in [6.07, 6.45) is 3.49. The van der Waals surface area contributed by atoms with Crippen molar-refractivity contribution < 1.29 is 9.53 Å². The predicted octanol–water partition coefficient (Wildman–Crippen LogP) is 6.10. The molecule has 1 fully saturated rings. The molecule has 1 amide bonds. The molecule has 0 saturated heterocycles. The molecule has 8 heteroatoms. The van der Waals surface area contributed by atoms with Crippen molar-refractivity contribution in [3.05, 3.63) is 15.1 Å². The van der Waals surface area contributed by atoms with Crippen LogP contribution < -0.4 is 10.1 Å². The molecule has 5 nitrogen and oxygen atoms in total. The molecule has 142 valence electrons. The Hall–Kier alpha value is -1.17. The fraction of sp³-hybridized carbons (Fsp3) is 0.556. The maximum Gasteiger partial charge on any atom is 0.227 e. The van der Waals surface area contributed by atoms with Crippen LogP contribution in [0.2, 0.25) is 15.1 Å². The normalized spacial score (nSPS) is 15.2. The summed E-state index contributed by atoms with van der Waals surface area (Å²) < 4.78 is 7.48. The number of fused-ring (bicyclic) bond motifs is 1. The molecule has 0 bridgehead atoms. The van der Waals surface area contributed by atoms with E-state index in [1.807, 2.05) is 25.3 Å². The van der Waals surface area contributed by atoms with Gasteiger partial charge >= 0.3 is 0 Å². The van der Waals surface area contributed by atoms with Crippen LogP contribution in [0, 0.1) is 5.41 Å². The second-order valence-electron chi connectivity index (χ2n) is 7.85. The lowest BCUT2D eigenvalue weighted by molar-refractivity contribution is -0.117.